The molecule has 1 aliphatic rings. The quantitative estimate of drug-likeness (QED) is 0.767. The van der Waals surface area contributed by atoms with Crippen LogP contribution in [0, 0.1) is 11.8 Å². The summed E-state index contributed by atoms with van der Waals surface area (Å²) in [5, 5.41) is 3.52. The van der Waals surface area contributed by atoms with Crippen LogP contribution in [-0.4, -0.2) is 29.1 Å². The summed E-state index contributed by atoms with van der Waals surface area (Å²) >= 11 is 0. The van der Waals surface area contributed by atoms with Crippen LogP contribution in [0.2, 0.25) is 0 Å². The molecule has 0 bridgehead atoms. The number of amides is 1. The zero-order valence-corrected chi connectivity index (χ0v) is 13.6. The van der Waals surface area contributed by atoms with Crippen molar-refractivity contribution in [3.8, 4) is 0 Å². The molecule has 1 N–H and O–H groups in total. The lowest BCUT2D eigenvalue weighted by molar-refractivity contribution is -0.132. The fraction of sp³-hybridized carbons (Fsp3) is 0.938. The van der Waals surface area contributed by atoms with Crippen molar-refractivity contribution in [2.45, 2.75) is 85.5 Å². The highest BCUT2D eigenvalue weighted by Crippen LogP contribution is 2.24. The van der Waals surface area contributed by atoms with Gasteiger partial charge in [0.2, 0.25) is 5.91 Å². The van der Waals surface area contributed by atoms with E-state index in [9.17, 15) is 4.79 Å². The minimum Gasteiger partial charge on any atom is -0.323 e. The van der Waals surface area contributed by atoms with Crippen LogP contribution in [-0.2, 0) is 4.79 Å². The van der Waals surface area contributed by atoms with E-state index in [1.54, 1.807) is 0 Å². The van der Waals surface area contributed by atoms with Crippen LogP contribution in [0.5, 0.6) is 0 Å². The summed E-state index contributed by atoms with van der Waals surface area (Å²) in [5.74, 6) is 1.63. The number of carbonyl (C=O) groups is 1. The molecule has 3 heteroatoms. The normalized spacial score (nSPS) is 25.7. The van der Waals surface area contributed by atoms with E-state index < -0.39 is 0 Å². The predicted molar refractivity (Wildman–Crippen MR) is 80.8 cm³/mol. The van der Waals surface area contributed by atoms with Crippen molar-refractivity contribution in [3.05, 3.63) is 0 Å². The number of nitrogens with one attached hydrogen (secondary N) is 1. The van der Waals surface area contributed by atoms with E-state index >= 15 is 0 Å². The highest BCUT2D eigenvalue weighted by atomic mass is 16.2. The van der Waals surface area contributed by atoms with E-state index in [0.29, 0.717) is 23.8 Å². The second-order valence-electron chi connectivity index (χ2n) is 6.84. The first-order valence-electron chi connectivity index (χ1n) is 7.95. The van der Waals surface area contributed by atoms with Crippen molar-refractivity contribution in [1.82, 2.24) is 10.2 Å². The van der Waals surface area contributed by atoms with Crippen molar-refractivity contribution in [1.29, 1.82) is 0 Å². The first-order valence-corrected chi connectivity index (χ1v) is 7.95. The molecule has 0 aliphatic carbocycles. The van der Waals surface area contributed by atoms with E-state index in [4.69, 9.17) is 0 Å². The number of rotatable bonds is 7. The van der Waals surface area contributed by atoms with Gasteiger partial charge in [0, 0.05) is 6.04 Å². The molecular formula is C16H32N2O. The van der Waals surface area contributed by atoms with Crippen LogP contribution in [0.15, 0.2) is 0 Å². The number of hydrogen-bond donors (Lipinski definition) is 1. The minimum absolute atomic E-state index is 0.0326. The average Bonchev–Trinajstić information content (AvgIpc) is 2.61. The number of nitrogens with zero attached hydrogens (tertiary/aromatic N) is 1. The lowest BCUT2D eigenvalue weighted by Gasteiger charge is -2.31. The van der Waals surface area contributed by atoms with Gasteiger partial charge in [-0.1, -0.05) is 34.6 Å². The monoisotopic (exact) mass is 268 g/mol. The molecular weight excluding hydrogens is 236 g/mol. The van der Waals surface area contributed by atoms with Gasteiger partial charge in [0.1, 0.15) is 0 Å². The summed E-state index contributed by atoms with van der Waals surface area (Å²) in [7, 11) is 0. The largest absolute Gasteiger partial charge is 0.323 e. The Kier molecular flexibility index (Phi) is 6.31. The molecule has 0 aromatic rings. The van der Waals surface area contributed by atoms with Gasteiger partial charge in [0.15, 0.2) is 0 Å². The molecule has 1 fully saturated rings. The lowest BCUT2D eigenvalue weighted by atomic mass is 10.0. The van der Waals surface area contributed by atoms with Crippen LogP contribution in [0.3, 0.4) is 0 Å². The Balaban J connectivity index is 2.70. The Bertz CT molecular complexity index is 288. The molecule has 112 valence electrons. The molecule has 0 spiro atoms. The van der Waals surface area contributed by atoms with Gasteiger partial charge in [0.05, 0.1) is 12.2 Å². The summed E-state index contributed by atoms with van der Waals surface area (Å²) in [4.78, 5) is 14.6. The van der Waals surface area contributed by atoms with Gasteiger partial charge >= 0.3 is 0 Å². The second-order valence-corrected chi connectivity index (χ2v) is 6.84. The molecule has 3 nitrogen and oxygen atoms in total. The maximum atomic E-state index is 12.5. The molecule has 3 unspecified atom stereocenters. The fourth-order valence-electron chi connectivity index (χ4n) is 2.88. The summed E-state index contributed by atoms with van der Waals surface area (Å²) in [6.45, 7) is 13.2. The van der Waals surface area contributed by atoms with Crippen molar-refractivity contribution < 1.29 is 4.79 Å². The minimum atomic E-state index is 0.0326. The van der Waals surface area contributed by atoms with Crippen LogP contribution < -0.4 is 5.32 Å². The highest BCUT2D eigenvalue weighted by molar-refractivity contribution is 5.84. The molecule has 3 atom stereocenters. The maximum Gasteiger partial charge on any atom is 0.241 e. The lowest BCUT2D eigenvalue weighted by Crippen LogP contribution is -2.44. The summed E-state index contributed by atoms with van der Waals surface area (Å²) in [6.07, 6.45) is 4.47. The van der Waals surface area contributed by atoms with Crippen LogP contribution in [0.4, 0.5) is 0 Å². The van der Waals surface area contributed by atoms with Gasteiger partial charge in [-0.15, -0.1) is 0 Å². The number of carbonyl (C=O) groups excluding carboxylic acids is 1. The third-order valence-corrected chi connectivity index (χ3v) is 4.02. The first kappa shape index (κ1) is 16.5. The van der Waals surface area contributed by atoms with Crippen LogP contribution in [0.1, 0.15) is 67.2 Å². The smallest absolute Gasteiger partial charge is 0.241 e. The fourth-order valence-corrected chi connectivity index (χ4v) is 2.88. The van der Waals surface area contributed by atoms with Gasteiger partial charge in [-0.2, -0.15) is 0 Å². The van der Waals surface area contributed by atoms with E-state index in [2.05, 4.69) is 51.8 Å². The van der Waals surface area contributed by atoms with E-state index in [0.717, 1.165) is 19.3 Å². The summed E-state index contributed by atoms with van der Waals surface area (Å²) in [6, 6.07) is 0.382. The van der Waals surface area contributed by atoms with E-state index in [1.807, 2.05) is 0 Å². The van der Waals surface area contributed by atoms with Gasteiger partial charge in [-0.05, 0) is 44.4 Å². The molecule has 1 amide bonds. The Hall–Kier alpha value is -0.570. The summed E-state index contributed by atoms with van der Waals surface area (Å²) in [5.41, 5.74) is 0. The molecule has 1 rings (SSSR count). The zero-order valence-electron chi connectivity index (χ0n) is 13.6. The van der Waals surface area contributed by atoms with Gasteiger partial charge < -0.3 is 4.90 Å². The Morgan fingerprint density at radius 1 is 1.11 bits per heavy atom. The van der Waals surface area contributed by atoms with Crippen molar-refractivity contribution in [3.63, 3.8) is 0 Å². The molecule has 0 aromatic carbocycles. The third-order valence-electron chi connectivity index (χ3n) is 4.02. The van der Waals surface area contributed by atoms with Crippen LogP contribution >= 0.6 is 0 Å². The Morgan fingerprint density at radius 3 is 2.21 bits per heavy atom. The molecule has 19 heavy (non-hydrogen) atoms. The Labute approximate surface area is 119 Å². The summed E-state index contributed by atoms with van der Waals surface area (Å²) < 4.78 is 0. The Morgan fingerprint density at radius 2 is 1.74 bits per heavy atom. The third kappa shape index (κ3) is 4.48. The van der Waals surface area contributed by atoms with Crippen molar-refractivity contribution in [2.24, 2.45) is 11.8 Å². The standard InChI is InChI=1S/C16H32N2O/c1-7-14-16(19)18(13(6)9-8-11(2)3)15(17-14)10-12(4)5/h11-15,17H,7-10H2,1-6H3. The molecule has 0 saturated carbocycles. The van der Waals surface area contributed by atoms with E-state index in [1.165, 1.54) is 6.42 Å². The van der Waals surface area contributed by atoms with Gasteiger partial charge in [-0.25, -0.2) is 0 Å². The highest BCUT2D eigenvalue weighted by Gasteiger charge is 2.40. The molecule has 0 radical (unpaired) electrons. The van der Waals surface area contributed by atoms with Gasteiger partial charge in [-0.3, -0.25) is 10.1 Å². The van der Waals surface area contributed by atoms with Crippen molar-refractivity contribution in [2.75, 3.05) is 0 Å². The second kappa shape index (κ2) is 7.28. The average molecular weight is 268 g/mol. The van der Waals surface area contributed by atoms with Gasteiger partial charge in [0.25, 0.3) is 0 Å². The predicted octanol–water partition coefficient (Wildman–Crippen LogP) is 3.39. The maximum absolute atomic E-state index is 12.5. The van der Waals surface area contributed by atoms with E-state index in [-0.39, 0.29) is 12.2 Å². The number of hydrogen-bond acceptors (Lipinski definition) is 2. The SMILES string of the molecule is CCC1NC(CC(C)C)N(C(C)CCC(C)C)C1=O. The zero-order chi connectivity index (χ0) is 14.6. The topological polar surface area (TPSA) is 32.3 Å². The molecule has 1 aliphatic heterocycles. The van der Waals surface area contributed by atoms with Crippen molar-refractivity contribution >= 4 is 5.91 Å². The molecule has 0 aromatic heterocycles. The first-order chi connectivity index (χ1) is 8.86. The van der Waals surface area contributed by atoms with Crippen LogP contribution in [0.25, 0.3) is 0 Å². The molecule has 1 saturated heterocycles. The molecule has 1 heterocycles.